The molecule has 1 amide bonds. The Morgan fingerprint density at radius 2 is 1.67 bits per heavy atom. The predicted octanol–water partition coefficient (Wildman–Crippen LogP) is 4.01. The van der Waals surface area contributed by atoms with E-state index in [9.17, 15) is 13.6 Å². The number of alkyl halides is 2. The number of halogens is 2. The number of ether oxygens (including phenoxy) is 1. The second-order valence-corrected chi connectivity index (χ2v) is 11.8. The van der Waals surface area contributed by atoms with Crippen LogP contribution in [0.2, 0.25) is 0 Å². The van der Waals surface area contributed by atoms with E-state index in [0.29, 0.717) is 60.8 Å². The molecule has 12 heteroatoms. The lowest BCUT2D eigenvalue weighted by Crippen LogP contribution is -2.46. The molecule has 3 saturated heterocycles. The first kappa shape index (κ1) is 27.5. The number of hydrogen-bond donors (Lipinski definition) is 1. The number of nitrogens with zero attached hydrogens (tertiary/aromatic N) is 7. The highest BCUT2D eigenvalue weighted by atomic mass is 19.3. The lowest BCUT2D eigenvalue weighted by atomic mass is 9.90. The molecule has 1 atom stereocenters. The zero-order valence-corrected chi connectivity index (χ0v) is 23.8. The molecule has 42 heavy (non-hydrogen) atoms. The van der Waals surface area contributed by atoms with Gasteiger partial charge in [0.05, 0.1) is 30.3 Å². The Labute approximate surface area is 244 Å². The second-order valence-electron chi connectivity index (χ2n) is 11.8. The van der Waals surface area contributed by atoms with Crippen molar-refractivity contribution in [1.29, 1.82) is 0 Å². The fraction of sp³-hybridized carbons (Fsp3) is 0.600. The van der Waals surface area contributed by atoms with Gasteiger partial charge in [-0.05, 0) is 70.2 Å². The zero-order valence-electron chi connectivity index (χ0n) is 23.8. The highest BCUT2D eigenvalue weighted by molar-refractivity contribution is 5.84. The average molecular weight is 581 g/mol. The van der Waals surface area contributed by atoms with Crippen molar-refractivity contribution in [2.75, 3.05) is 56.2 Å². The van der Waals surface area contributed by atoms with Gasteiger partial charge in [0, 0.05) is 37.8 Å². The molecule has 1 N–H and O–H groups in total. The third-order valence-electron chi connectivity index (χ3n) is 9.29. The number of amides is 1. The third-order valence-corrected chi connectivity index (χ3v) is 9.29. The van der Waals surface area contributed by atoms with Gasteiger partial charge in [0.1, 0.15) is 11.6 Å². The maximum absolute atomic E-state index is 14.2. The number of rotatable bonds is 7. The summed E-state index contributed by atoms with van der Waals surface area (Å²) in [7, 11) is 0. The molecular formula is C30H38F2N8O2. The summed E-state index contributed by atoms with van der Waals surface area (Å²) in [6, 6.07) is 9.39. The minimum absolute atomic E-state index is 0.0683. The number of carbonyl (C=O) groups is 1. The van der Waals surface area contributed by atoms with Crippen LogP contribution in [0.5, 0.6) is 0 Å². The van der Waals surface area contributed by atoms with Gasteiger partial charge in [-0.1, -0.05) is 12.1 Å². The topological polar surface area (TPSA) is 91.7 Å². The lowest BCUT2D eigenvalue weighted by molar-refractivity contribution is -0.134. The Kier molecular flexibility index (Phi) is 7.66. The van der Waals surface area contributed by atoms with Gasteiger partial charge in [-0.25, -0.2) is 13.8 Å². The van der Waals surface area contributed by atoms with E-state index in [0.717, 1.165) is 51.7 Å². The average Bonchev–Trinajstić information content (AvgIpc) is 3.77. The zero-order chi connectivity index (χ0) is 28.6. The summed E-state index contributed by atoms with van der Waals surface area (Å²) in [5.74, 6) is 1.43. The summed E-state index contributed by atoms with van der Waals surface area (Å²) in [4.78, 5) is 33.6. The number of benzene rings is 1. The van der Waals surface area contributed by atoms with Crippen molar-refractivity contribution in [1.82, 2.24) is 29.3 Å². The van der Waals surface area contributed by atoms with Crippen molar-refractivity contribution < 1.29 is 18.3 Å². The largest absolute Gasteiger partial charge is 0.378 e. The predicted molar refractivity (Wildman–Crippen MR) is 155 cm³/mol. The summed E-state index contributed by atoms with van der Waals surface area (Å²) in [5, 5.41) is 3.59. The van der Waals surface area contributed by atoms with Crippen LogP contribution in [-0.4, -0.2) is 99.3 Å². The molecule has 10 nitrogen and oxygen atoms in total. The Bertz CT molecular complexity index is 1410. The molecule has 1 unspecified atom stereocenters. The molecule has 0 spiro atoms. The quantitative estimate of drug-likeness (QED) is 0.449. The van der Waals surface area contributed by atoms with Crippen LogP contribution in [0.15, 0.2) is 30.3 Å². The molecule has 1 aliphatic carbocycles. The van der Waals surface area contributed by atoms with Crippen LogP contribution >= 0.6 is 0 Å². The van der Waals surface area contributed by atoms with E-state index >= 15 is 0 Å². The number of carbonyl (C=O) groups excluding carboxylic acids is 1. The first-order chi connectivity index (χ1) is 20.5. The van der Waals surface area contributed by atoms with Crippen molar-refractivity contribution in [3.05, 3.63) is 36.2 Å². The first-order valence-electron chi connectivity index (χ1n) is 15.3. The smallest absolute Gasteiger partial charge is 0.296 e. The molecule has 4 fully saturated rings. The molecule has 0 radical (unpaired) electrons. The molecule has 4 aliphatic rings. The molecule has 1 saturated carbocycles. The molecular weight excluding hydrogens is 542 g/mol. The minimum atomic E-state index is -2.76. The summed E-state index contributed by atoms with van der Waals surface area (Å²) < 4.78 is 35.3. The van der Waals surface area contributed by atoms with Crippen LogP contribution in [0.1, 0.15) is 57.2 Å². The van der Waals surface area contributed by atoms with Gasteiger partial charge in [-0.2, -0.15) is 9.97 Å². The fourth-order valence-corrected chi connectivity index (χ4v) is 7.13. The number of fused-ring (bicyclic) bond motifs is 1. The number of nitrogens with one attached hydrogen (secondary N) is 1. The molecule has 2 aromatic heterocycles. The van der Waals surface area contributed by atoms with E-state index in [4.69, 9.17) is 14.7 Å². The molecule has 7 rings (SSSR count). The van der Waals surface area contributed by atoms with Crippen LogP contribution in [0, 0.1) is 0 Å². The SMILES string of the molecule is O=C1C(N2CCCC2)CCN1[C@H]1CC[C@H](Nc2cc(-n3c(C(F)F)nc4ccccc43)nc(N3CCOCC3)n2)CC1. The standard InChI is InChI=1S/C30H38F2N8O2/c31-27(32)28-34-22-5-1-2-6-23(22)40(28)26-19-25(35-30(36-26)38-15-17-42-18-16-38)33-20-7-9-21(10-8-20)39-14-11-24(29(39)41)37-12-3-4-13-37/h1-2,5-6,19-21,24,27H,3-4,7-18H2,(H,33,35,36)/t20-,21-,24?. The van der Waals surface area contributed by atoms with E-state index in [-0.39, 0.29) is 23.9 Å². The Hall–Kier alpha value is -3.38. The fourth-order valence-electron chi connectivity index (χ4n) is 7.13. The normalized spacial score (nSPS) is 25.7. The maximum atomic E-state index is 14.2. The van der Waals surface area contributed by atoms with Crippen LogP contribution < -0.4 is 10.2 Å². The summed E-state index contributed by atoms with van der Waals surface area (Å²) in [6.45, 7) is 5.32. The third kappa shape index (κ3) is 5.30. The minimum Gasteiger partial charge on any atom is -0.378 e. The van der Waals surface area contributed by atoms with Gasteiger partial charge < -0.3 is 19.9 Å². The van der Waals surface area contributed by atoms with E-state index in [2.05, 4.69) is 20.1 Å². The van der Waals surface area contributed by atoms with Crippen LogP contribution in [0.4, 0.5) is 20.5 Å². The highest BCUT2D eigenvalue weighted by Gasteiger charge is 2.40. The molecule has 0 bridgehead atoms. The molecule has 3 aliphatic heterocycles. The number of likely N-dealkylation sites (tertiary alicyclic amines) is 2. The monoisotopic (exact) mass is 580 g/mol. The first-order valence-corrected chi connectivity index (χ1v) is 15.3. The van der Waals surface area contributed by atoms with Crippen molar-refractivity contribution in [2.24, 2.45) is 0 Å². The van der Waals surface area contributed by atoms with Gasteiger partial charge in [-0.3, -0.25) is 14.3 Å². The Morgan fingerprint density at radius 1 is 0.905 bits per heavy atom. The number of anilines is 2. The van der Waals surface area contributed by atoms with Crippen molar-refractivity contribution in [3.8, 4) is 5.82 Å². The molecule has 5 heterocycles. The van der Waals surface area contributed by atoms with Crippen molar-refractivity contribution in [3.63, 3.8) is 0 Å². The number of hydrogen-bond acceptors (Lipinski definition) is 8. The lowest BCUT2D eigenvalue weighted by Gasteiger charge is -2.36. The second kappa shape index (κ2) is 11.7. The van der Waals surface area contributed by atoms with Gasteiger partial charge in [0.15, 0.2) is 5.82 Å². The summed E-state index contributed by atoms with van der Waals surface area (Å²) in [5.41, 5.74) is 1.07. The van der Waals surface area contributed by atoms with Gasteiger partial charge >= 0.3 is 0 Å². The number of aromatic nitrogens is 4. The summed E-state index contributed by atoms with van der Waals surface area (Å²) >= 11 is 0. The van der Waals surface area contributed by atoms with Crippen LogP contribution in [0.3, 0.4) is 0 Å². The Balaban J connectivity index is 1.11. The van der Waals surface area contributed by atoms with Crippen LogP contribution in [-0.2, 0) is 9.53 Å². The Morgan fingerprint density at radius 3 is 2.43 bits per heavy atom. The summed E-state index contributed by atoms with van der Waals surface area (Å²) in [6.07, 6.45) is 4.26. The van der Waals surface area contributed by atoms with Crippen LogP contribution in [0.25, 0.3) is 16.9 Å². The van der Waals surface area contributed by atoms with Gasteiger partial charge in [-0.15, -0.1) is 0 Å². The van der Waals surface area contributed by atoms with E-state index in [1.54, 1.807) is 24.3 Å². The molecule has 1 aromatic carbocycles. The number of para-hydroxylation sites is 2. The molecule has 224 valence electrons. The van der Waals surface area contributed by atoms with Crippen molar-refractivity contribution in [2.45, 2.75) is 69.5 Å². The van der Waals surface area contributed by atoms with E-state index in [1.807, 2.05) is 11.0 Å². The van der Waals surface area contributed by atoms with Gasteiger partial charge in [0.25, 0.3) is 6.43 Å². The highest BCUT2D eigenvalue weighted by Crippen LogP contribution is 2.32. The van der Waals surface area contributed by atoms with E-state index in [1.165, 1.54) is 17.4 Å². The maximum Gasteiger partial charge on any atom is 0.296 e. The van der Waals surface area contributed by atoms with Gasteiger partial charge in [0.2, 0.25) is 11.9 Å². The number of morpholine rings is 1. The number of imidazole rings is 1. The van der Waals surface area contributed by atoms with E-state index < -0.39 is 6.43 Å². The molecule has 3 aromatic rings. The van der Waals surface area contributed by atoms with Crippen molar-refractivity contribution >= 4 is 28.7 Å².